The molecular formula is C16H34N2O. The summed E-state index contributed by atoms with van der Waals surface area (Å²) >= 11 is 0. The van der Waals surface area contributed by atoms with Gasteiger partial charge >= 0.3 is 0 Å². The first kappa shape index (κ1) is 16.9. The first-order valence-electron chi connectivity index (χ1n) is 8.14. The van der Waals surface area contributed by atoms with Crippen LogP contribution in [0.4, 0.5) is 0 Å². The predicted molar refractivity (Wildman–Crippen MR) is 82.3 cm³/mol. The van der Waals surface area contributed by atoms with E-state index in [4.69, 9.17) is 10.5 Å². The van der Waals surface area contributed by atoms with Crippen molar-refractivity contribution in [2.75, 3.05) is 20.3 Å². The molecule has 0 aromatic carbocycles. The van der Waals surface area contributed by atoms with E-state index in [1.54, 1.807) is 7.11 Å². The number of nitrogens with zero attached hydrogens (tertiary/aromatic N) is 1. The molecule has 4 atom stereocenters. The van der Waals surface area contributed by atoms with Gasteiger partial charge in [-0.15, -0.1) is 0 Å². The number of ether oxygens (including phenoxy) is 1. The zero-order chi connectivity index (χ0) is 14.3. The monoisotopic (exact) mass is 270 g/mol. The third kappa shape index (κ3) is 5.05. The van der Waals surface area contributed by atoms with E-state index in [0.717, 1.165) is 19.1 Å². The number of hydrogen-bond donors (Lipinski definition) is 1. The molecule has 0 radical (unpaired) electrons. The lowest BCUT2D eigenvalue weighted by molar-refractivity contribution is 0.0474. The van der Waals surface area contributed by atoms with E-state index in [1.165, 1.54) is 38.5 Å². The van der Waals surface area contributed by atoms with Crippen LogP contribution in [0.5, 0.6) is 0 Å². The Hall–Kier alpha value is -0.120. The summed E-state index contributed by atoms with van der Waals surface area (Å²) in [6.45, 7) is 8.71. The Morgan fingerprint density at radius 1 is 1.32 bits per heavy atom. The minimum Gasteiger partial charge on any atom is -0.383 e. The van der Waals surface area contributed by atoms with Crippen LogP contribution in [0.1, 0.15) is 59.3 Å². The summed E-state index contributed by atoms with van der Waals surface area (Å²) in [5.74, 6) is 0.879. The summed E-state index contributed by atoms with van der Waals surface area (Å²) in [7, 11) is 1.79. The predicted octanol–water partition coefficient (Wildman–Crippen LogP) is 3.03. The molecule has 1 rings (SSSR count). The van der Waals surface area contributed by atoms with Gasteiger partial charge in [0.05, 0.1) is 6.61 Å². The van der Waals surface area contributed by atoms with Crippen molar-refractivity contribution in [1.29, 1.82) is 0 Å². The van der Waals surface area contributed by atoms with Crippen LogP contribution in [-0.4, -0.2) is 43.3 Å². The zero-order valence-corrected chi connectivity index (χ0v) is 13.4. The molecule has 0 amide bonds. The van der Waals surface area contributed by atoms with Gasteiger partial charge in [-0.25, -0.2) is 0 Å². The van der Waals surface area contributed by atoms with Gasteiger partial charge in [-0.2, -0.15) is 0 Å². The van der Waals surface area contributed by atoms with Gasteiger partial charge in [-0.1, -0.05) is 26.7 Å². The molecule has 114 valence electrons. The van der Waals surface area contributed by atoms with Crippen LogP contribution in [0.25, 0.3) is 0 Å². The third-order valence-corrected chi connectivity index (χ3v) is 4.81. The highest BCUT2D eigenvalue weighted by Gasteiger charge is 2.33. The van der Waals surface area contributed by atoms with E-state index in [-0.39, 0.29) is 0 Å². The van der Waals surface area contributed by atoms with Crippen LogP contribution < -0.4 is 5.73 Å². The van der Waals surface area contributed by atoms with Gasteiger partial charge in [0.2, 0.25) is 0 Å². The van der Waals surface area contributed by atoms with Crippen molar-refractivity contribution < 1.29 is 4.74 Å². The Morgan fingerprint density at radius 3 is 2.63 bits per heavy atom. The summed E-state index contributed by atoms with van der Waals surface area (Å²) in [5, 5.41) is 0. The fraction of sp³-hybridized carbons (Fsp3) is 1.00. The Kier molecular flexibility index (Phi) is 7.96. The Bertz CT molecular complexity index is 235. The molecule has 19 heavy (non-hydrogen) atoms. The maximum atomic E-state index is 6.42. The van der Waals surface area contributed by atoms with E-state index in [2.05, 4.69) is 25.7 Å². The van der Waals surface area contributed by atoms with Gasteiger partial charge in [0.15, 0.2) is 0 Å². The highest BCUT2D eigenvalue weighted by atomic mass is 16.5. The van der Waals surface area contributed by atoms with Crippen LogP contribution in [0.2, 0.25) is 0 Å². The Labute approximate surface area is 119 Å². The minimum atomic E-state index is 0.346. The molecule has 2 N–H and O–H groups in total. The van der Waals surface area contributed by atoms with Crippen LogP contribution in [0.3, 0.4) is 0 Å². The summed E-state index contributed by atoms with van der Waals surface area (Å²) < 4.78 is 5.28. The van der Waals surface area contributed by atoms with Crippen molar-refractivity contribution in [2.45, 2.75) is 77.4 Å². The van der Waals surface area contributed by atoms with Crippen LogP contribution in [-0.2, 0) is 4.74 Å². The first-order valence-corrected chi connectivity index (χ1v) is 8.14. The third-order valence-electron chi connectivity index (χ3n) is 4.81. The van der Waals surface area contributed by atoms with Crippen molar-refractivity contribution in [3.05, 3.63) is 0 Å². The number of nitrogens with two attached hydrogens (primary N) is 1. The average molecular weight is 270 g/mol. The van der Waals surface area contributed by atoms with E-state index in [1.807, 2.05) is 0 Å². The lowest BCUT2D eigenvalue weighted by atomic mass is 9.79. The number of rotatable bonds is 8. The largest absolute Gasteiger partial charge is 0.383 e. The van der Waals surface area contributed by atoms with Gasteiger partial charge in [-0.3, -0.25) is 4.90 Å². The quantitative estimate of drug-likeness (QED) is 0.737. The zero-order valence-electron chi connectivity index (χ0n) is 13.4. The van der Waals surface area contributed by atoms with E-state index in [9.17, 15) is 0 Å². The maximum Gasteiger partial charge on any atom is 0.0589 e. The topological polar surface area (TPSA) is 38.5 Å². The molecule has 0 heterocycles. The van der Waals surface area contributed by atoms with Crippen molar-refractivity contribution >= 4 is 0 Å². The molecule has 1 fully saturated rings. The average Bonchev–Trinajstić information content (AvgIpc) is 2.42. The molecule has 3 nitrogen and oxygen atoms in total. The first-order chi connectivity index (χ1) is 9.13. The lowest BCUT2D eigenvalue weighted by Crippen LogP contribution is -2.54. The number of methoxy groups -OCH3 is 1. The van der Waals surface area contributed by atoms with Crippen molar-refractivity contribution in [2.24, 2.45) is 11.7 Å². The molecule has 0 aromatic rings. The molecule has 1 aliphatic carbocycles. The molecular weight excluding hydrogens is 236 g/mol. The van der Waals surface area contributed by atoms with Gasteiger partial charge in [0.25, 0.3) is 0 Å². The van der Waals surface area contributed by atoms with Crippen LogP contribution >= 0.6 is 0 Å². The van der Waals surface area contributed by atoms with Gasteiger partial charge < -0.3 is 10.5 Å². The van der Waals surface area contributed by atoms with Gasteiger partial charge in [0.1, 0.15) is 0 Å². The molecule has 0 bridgehead atoms. The van der Waals surface area contributed by atoms with Crippen LogP contribution in [0.15, 0.2) is 0 Å². The molecule has 0 aromatic heterocycles. The smallest absolute Gasteiger partial charge is 0.0589 e. The van der Waals surface area contributed by atoms with Gasteiger partial charge in [-0.05, 0) is 38.5 Å². The SMILES string of the molecule is CCCC1CCC(N)C(N(CCOC)C(C)CC)C1. The van der Waals surface area contributed by atoms with E-state index in [0.29, 0.717) is 18.1 Å². The molecule has 1 saturated carbocycles. The second-order valence-electron chi connectivity index (χ2n) is 6.19. The molecule has 4 unspecified atom stereocenters. The van der Waals surface area contributed by atoms with Crippen molar-refractivity contribution in [3.8, 4) is 0 Å². The summed E-state index contributed by atoms with van der Waals surface area (Å²) in [6, 6.07) is 1.50. The van der Waals surface area contributed by atoms with E-state index < -0.39 is 0 Å². The lowest BCUT2D eigenvalue weighted by Gasteiger charge is -2.44. The highest BCUT2D eigenvalue weighted by Crippen LogP contribution is 2.31. The number of hydrogen-bond acceptors (Lipinski definition) is 3. The molecule has 0 aliphatic heterocycles. The molecule has 0 spiro atoms. The Morgan fingerprint density at radius 2 is 2.05 bits per heavy atom. The van der Waals surface area contributed by atoms with Crippen molar-refractivity contribution in [3.63, 3.8) is 0 Å². The second-order valence-corrected chi connectivity index (χ2v) is 6.19. The standard InChI is InChI=1S/C16H34N2O/c1-5-7-14-8-9-15(17)16(12-14)18(10-11-19-4)13(3)6-2/h13-16H,5-12,17H2,1-4H3. The highest BCUT2D eigenvalue weighted by molar-refractivity contribution is 4.91. The minimum absolute atomic E-state index is 0.346. The van der Waals surface area contributed by atoms with Crippen molar-refractivity contribution in [1.82, 2.24) is 4.90 Å². The summed E-state index contributed by atoms with van der Waals surface area (Å²) in [4.78, 5) is 2.61. The fourth-order valence-electron chi connectivity index (χ4n) is 3.45. The second kappa shape index (κ2) is 8.93. The molecule has 1 aliphatic rings. The Balaban J connectivity index is 2.67. The van der Waals surface area contributed by atoms with Crippen LogP contribution in [0, 0.1) is 5.92 Å². The molecule has 0 saturated heterocycles. The molecule has 3 heteroatoms. The summed E-state index contributed by atoms with van der Waals surface area (Å²) in [6.07, 6.45) is 7.64. The summed E-state index contributed by atoms with van der Waals surface area (Å²) in [5.41, 5.74) is 6.42. The van der Waals surface area contributed by atoms with E-state index >= 15 is 0 Å². The maximum absolute atomic E-state index is 6.42. The van der Waals surface area contributed by atoms with Gasteiger partial charge in [0, 0.05) is 31.8 Å². The normalized spacial score (nSPS) is 29.7. The fourth-order valence-corrected chi connectivity index (χ4v) is 3.45.